The molecule has 0 aromatic rings. The molecular weight excluding hydrogens is 488 g/mol. The Labute approximate surface area is 214 Å². The average Bonchev–Trinajstić information content (AvgIpc) is 3.12. The summed E-state index contributed by atoms with van der Waals surface area (Å²) < 4.78 is 22.6. The van der Waals surface area contributed by atoms with E-state index in [9.17, 15) is 34.5 Å². The zero-order valence-corrected chi connectivity index (χ0v) is 21.6. The molecule has 5 aliphatic rings. The van der Waals surface area contributed by atoms with Gasteiger partial charge in [0.25, 0.3) is 0 Å². The van der Waals surface area contributed by atoms with Gasteiger partial charge in [0.15, 0.2) is 11.5 Å². The molecule has 4 fully saturated rings. The summed E-state index contributed by atoms with van der Waals surface area (Å²) in [4.78, 5) is 52.3. The van der Waals surface area contributed by atoms with E-state index in [4.69, 9.17) is 18.9 Å². The number of hydrogen-bond acceptors (Lipinski definition) is 11. The summed E-state index contributed by atoms with van der Waals surface area (Å²) in [6.45, 7) is 6.84. The quantitative estimate of drug-likeness (QED) is 0.349. The van der Waals surface area contributed by atoms with Crippen LogP contribution in [0.3, 0.4) is 0 Å². The van der Waals surface area contributed by atoms with Gasteiger partial charge in [-0.15, -0.1) is 0 Å². The molecule has 1 spiro atoms. The Morgan fingerprint density at radius 1 is 1.19 bits per heavy atom. The predicted molar refractivity (Wildman–Crippen MR) is 123 cm³/mol. The van der Waals surface area contributed by atoms with E-state index in [-0.39, 0.29) is 37.5 Å². The van der Waals surface area contributed by atoms with Crippen molar-refractivity contribution in [3.05, 3.63) is 11.3 Å². The Bertz CT molecular complexity index is 1100. The third-order valence-corrected chi connectivity index (χ3v) is 9.67. The summed E-state index contributed by atoms with van der Waals surface area (Å²) in [6, 6.07) is 0. The number of ether oxygens (including phenoxy) is 4. The molecule has 204 valence electrons. The van der Waals surface area contributed by atoms with E-state index in [2.05, 4.69) is 0 Å². The Morgan fingerprint density at radius 3 is 2.49 bits per heavy atom. The Hall–Kier alpha value is -2.50. The van der Waals surface area contributed by atoms with Crippen LogP contribution in [0.5, 0.6) is 0 Å². The summed E-state index contributed by atoms with van der Waals surface area (Å²) in [7, 11) is 1.10. The Kier molecular flexibility index (Phi) is 5.82. The van der Waals surface area contributed by atoms with Gasteiger partial charge in [0.2, 0.25) is 11.7 Å². The molecule has 2 saturated carbocycles. The number of aliphatic hydroxyl groups excluding tert-OH is 3. The molecule has 0 aromatic heterocycles. The first-order chi connectivity index (χ1) is 17.3. The van der Waals surface area contributed by atoms with Crippen LogP contribution in [0, 0.1) is 34.5 Å². The van der Waals surface area contributed by atoms with Crippen molar-refractivity contribution in [2.45, 2.75) is 77.0 Å². The van der Waals surface area contributed by atoms with E-state index in [0.717, 1.165) is 7.11 Å². The zero-order valence-electron chi connectivity index (χ0n) is 21.6. The van der Waals surface area contributed by atoms with Crippen molar-refractivity contribution >= 4 is 23.7 Å². The molecule has 11 nitrogen and oxygen atoms in total. The molecule has 11 heteroatoms. The number of Topliss-reactive ketones (excluding diaryl/α,β-unsaturated/α-hetero) is 1. The fraction of sp³-hybridized carbons (Fsp3) is 0.769. The van der Waals surface area contributed by atoms with E-state index < -0.39 is 82.3 Å². The first-order valence-corrected chi connectivity index (χ1v) is 12.7. The molecule has 10 atom stereocenters. The molecule has 0 radical (unpaired) electrons. The third kappa shape index (κ3) is 3.10. The van der Waals surface area contributed by atoms with Crippen LogP contribution < -0.4 is 0 Å². The van der Waals surface area contributed by atoms with Gasteiger partial charge in [-0.25, -0.2) is 9.59 Å². The van der Waals surface area contributed by atoms with Crippen molar-refractivity contribution in [2.24, 2.45) is 34.5 Å². The molecule has 3 N–H and O–H groups in total. The predicted octanol–water partition coefficient (Wildman–Crippen LogP) is 0.597. The van der Waals surface area contributed by atoms with Gasteiger partial charge in [-0.2, -0.15) is 0 Å². The van der Waals surface area contributed by atoms with Crippen LogP contribution in [0.1, 0.15) is 47.0 Å². The highest BCUT2D eigenvalue weighted by Gasteiger charge is 2.85. The summed E-state index contributed by atoms with van der Waals surface area (Å²) in [5.41, 5.74) is -4.05. The molecule has 0 amide bonds. The first kappa shape index (κ1) is 26.1. The highest BCUT2D eigenvalue weighted by Crippen LogP contribution is 2.72. The minimum atomic E-state index is -2.19. The standard InChI is InChI=1S/C26H34O11/c1-10(2)6-15(28)37-18-20-25-9-35-26(20,23(33)34-5)21(31)17(30)19(25)24(4)8-13(27)16(29)11(3)12(24)7-14(25)36-22(18)32/h10,12,14,17-21,29-31H,6-9H2,1-5H3/t12-,14+,17+,18+,19?,20?,21-,24-,25+,26-/m0/s1. The second-order valence-electron chi connectivity index (χ2n) is 11.9. The van der Waals surface area contributed by atoms with E-state index >= 15 is 0 Å². The average molecular weight is 523 g/mol. The number of aliphatic hydroxyl groups is 3. The van der Waals surface area contributed by atoms with Crippen molar-refractivity contribution in [3.63, 3.8) is 0 Å². The number of hydrogen-bond donors (Lipinski definition) is 3. The Balaban J connectivity index is 1.72. The van der Waals surface area contributed by atoms with Crippen LogP contribution in [0.25, 0.3) is 0 Å². The van der Waals surface area contributed by atoms with Crippen molar-refractivity contribution in [1.29, 1.82) is 0 Å². The highest BCUT2D eigenvalue weighted by molar-refractivity contribution is 5.95. The summed E-state index contributed by atoms with van der Waals surface area (Å²) in [5, 5.41) is 33.6. The zero-order chi connectivity index (χ0) is 27.2. The van der Waals surface area contributed by atoms with E-state index in [0.29, 0.717) is 5.57 Å². The molecule has 3 aliphatic carbocycles. The van der Waals surface area contributed by atoms with Crippen molar-refractivity contribution in [3.8, 4) is 0 Å². The third-order valence-electron chi connectivity index (χ3n) is 9.67. The highest BCUT2D eigenvalue weighted by atomic mass is 16.6. The van der Waals surface area contributed by atoms with Crippen molar-refractivity contribution in [2.75, 3.05) is 13.7 Å². The SMILES string of the molecule is COC(=O)[C@@]12OC[C@]34C([C@@H](O)[C@@H]1O)[C@@]1(C)CC(=O)C(O)=C(C)[C@@H]1C[C@H]3OC(=O)[C@H](OC(=O)CC(C)C)C42. The molecule has 0 aromatic carbocycles. The van der Waals surface area contributed by atoms with Gasteiger partial charge >= 0.3 is 17.9 Å². The Morgan fingerprint density at radius 2 is 1.86 bits per heavy atom. The van der Waals surface area contributed by atoms with Gasteiger partial charge in [-0.3, -0.25) is 9.59 Å². The molecule has 2 heterocycles. The van der Waals surface area contributed by atoms with Crippen LogP contribution in [0.4, 0.5) is 0 Å². The summed E-state index contributed by atoms with van der Waals surface area (Å²) in [6.07, 6.45) is -5.87. The minimum absolute atomic E-state index is 0.00513. The smallest absolute Gasteiger partial charge is 0.348 e. The first-order valence-electron chi connectivity index (χ1n) is 12.7. The number of methoxy groups -OCH3 is 1. The number of fused-ring (bicyclic) bond motifs is 2. The maximum Gasteiger partial charge on any atom is 0.348 e. The fourth-order valence-corrected chi connectivity index (χ4v) is 8.38. The number of carbonyl (C=O) groups is 4. The molecule has 2 unspecified atom stereocenters. The second-order valence-corrected chi connectivity index (χ2v) is 11.9. The number of rotatable bonds is 4. The van der Waals surface area contributed by atoms with Gasteiger partial charge in [-0.05, 0) is 36.2 Å². The molecule has 2 saturated heterocycles. The monoisotopic (exact) mass is 522 g/mol. The van der Waals surface area contributed by atoms with E-state index in [1.54, 1.807) is 13.8 Å². The van der Waals surface area contributed by atoms with Gasteiger partial charge in [-0.1, -0.05) is 20.8 Å². The van der Waals surface area contributed by atoms with Crippen molar-refractivity contribution < 1.29 is 53.4 Å². The number of carbonyl (C=O) groups excluding carboxylic acids is 4. The van der Waals surface area contributed by atoms with Gasteiger partial charge in [0, 0.05) is 24.2 Å². The normalized spacial score (nSPS) is 46.2. The van der Waals surface area contributed by atoms with Crippen LogP contribution in [0.2, 0.25) is 0 Å². The molecule has 2 aliphatic heterocycles. The molecule has 37 heavy (non-hydrogen) atoms. The van der Waals surface area contributed by atoms with Crippen LogP contribution in [0.15, 0.2) is 11.3 Å². The lowest BCUT2D eigenvalue weighted by Crippen LogP contribution is -2.79. The van der Waals surface area contributed by atoms with Gasteiger partial charge < -0.3 is 34.3 Å². The number of esters is 3. The fourth-order valence-electron chi connectivity index (χ4n) is 8.38. The lowest BCUT2D eigenvalue weighted by molar-refractivity contribution is -0.290. The molecule has 2 bridgehead atoms. The van der Waals surface area contributed by atoms with E-state index in [1.165, 1.54) is 0 Å². The second kappa shape index (κ2) is 8.25. The van der Waals surface area contributed by atoms with Gasteiger partial charge in [0.05, 0.1) is 25.7 Å². The number of allylic oxidation sites excluding steroid dienone is 2. The van der Waals surface area contributed by atoms with Gasteiger partial charge in [0.1, 0.15) is 12.2 Å². The lowest BCUT2D eigenvalue weighted by atomic mass is 9.38. The van der Waals surface area contributed by atoms with E-state index in [1.807, 2.05) is 13.8 Å². The number of ketones is 1. The summed E-state index contributed by atoms with van der Waals surface area (Å²) in [5.74, 6) is -6.09. The van der Waals surface area contributed by atoms with Crippen LogP contribution in [-0.4, -0.2) is 82.7 Å². The maximum absolute atomic E-state index is 13.4. The summed E-state index contributed by atoms with van der Waals surface area (Å²) >= 11 is 0. The maximum atomic E-state index is 13.4. The van der Waals surface area contributed by atoms with Crippen molar-refractivity contribution in [1.82, 2.24) is 0 Å². The largest absolute Gasteiger partial charge is 0.504 e. The van der Waals surface area contributed by atoms with Crippen LogP contribution >= 0.6 is 0 Å². The van der Waals surface area contributed by atoms with Crippen LogP contribution in [-0.2, 0) is 38.1 Å². The molecule has 5 rings (SSSR count). The topological polar surface area (TPSA) is 166 Å². The molecular formula is C26H34O11. The lowest BCUT2D eigenvalue weighted by Gasteiger charge is -2.67. The minimum Gasteiger partial charge on any atom is -0.504 e.